The van der Waals surface area contributed by atoms with Gasteiger partial charge in [-0.05, 0) is 36.4 Å². The zero-order valence-corrected chi connectivity index (χ0v) is 15.2. The molecule has 7 nitrogen and oxygen atoms in total. The predicted molar refractivity (Wildman–Crippen MR) is 99.1 cm³/mol. The summed E-state index contributed by atoms with van der Waals surface area (Å²) in [5.74, 6) is 0.762. The average molecular weight is 383 g/mol. The summed E-state index contributed by atoms with van der Waals surface area (Å²) in [5, 5.41) is 2.40. The minimum Gasteiger partial charge on any atom is -0.459 e. The lowest BCUT2D eigenvalue weighted by molar-refractivity contribution is 0.0518. The van der Waals surface area contributed by atoms with Gasteiger partial charge >= 0.3 is 0 Å². The van der Waals surface area contributed by atoms with Gasteiger partial charge in [0.25, 0.3) is 17.0 Å². The van der Waals surface area contributed by atoms with Gasteiger partial charge in [-0.15, -0.1) is 0 Å². The highest BCUT2D eigenvalue weighted by molar-refractivity contribution is 7.11. The van der Waals surface area contributed by atoms with Crippen LogP contribution >= 0.6 is 11.3 Å². The largest absolute Gasteiger partial charge is 0.459 e. The van der Waals surface area contributed by atoms with E-state index in [4.69, 9.17) is 9.15 Å². The van der Waals surface area contributed by atoms with Crippen LogP contribution in [0.2, 0.25) is 0 Å². The van der Waals surface area contributed by atoms with Crippen LogP contribution in [0.25, 0.3) is 0 Å². The highest BCUT2D eigenvalue weighted by Gasteiger charge is 2.26. The first-order valence-electron chi connectivity index (χ1n) is 8.50. The van der Waals surface area contributed by atoms with Gasteiger partial charge in [-0.25, -0.2) is 4.98 Å². The summed E-state index contributed by atoms with van der Waals surface area (Å²) in [5.41, 5.74) is 0.590. The van der Waals surface area contributed by atoms with Crippen LogP contribution in [-0.4, -0.2) is 52.8 Å². The van der Waals surface area contributed by atoms with E-state index in [-0.39, 0.29) is 11.8 Å². The molecule has 0 atom stereocenters. The van der Waals surface area contributed by atoms with E-state index in [1.54, 1.807) is 52.4 Å². The Labute approximate surface area is 159 Å². The molecule has 0 unspecified atom stereocenters. The molecule has 1 saturated heterocycles. The van der Waals surface area contributed by atoms with Gasteiger partial charge in [-0.1, -0.05) is 11.3 Å². The maximum Gasteiger partial charge on any atom is 0.289 e. The normalized spacial score (nSPS) is 14.2. The zero-order valence-electron chi connectivity index (χ0n) is 14.4. The molecule has 27 heavy (non-hydrogen) atoms. The van der Waals surface area contributed by atoms with Gasteiger partial charge in [0.05, 0.1) is 6.26 Å². The molecule has 3 aromatic rings. The predicted octanol–water partition coefficient (Wildman–Crippen LogP) is 3.13. The van der Waals surface area contributed by atoms with Gasteiger partial charge in [-0.3, -0.25) is 9.59 Å². The van der Waals surface area contributed by atoms with Crippen molar-refractivity contribution in [2.24, 2.45) is 0 Å². The molecule has 0 N–H and O–H groups in total. The summed E-state index contributed by atoms with van der Waals surface area (Å²) in [7, 11) is 0. The summed E-state index contributed by atoms with van der Waals surface area (Å²) in [6.45, 7) is 1.94. The van der Waals surface area contributed by atoms with Crippen LogP contribution in [0.1, 0.15) is 20.9 Å². The number of benzene rings is 1. The fourth-order valence-electron chi connectivity index (χ4n) is 2.88. The highest BCUT2D eigenvalue weighted by Crippen LogP contribution is 2.24. The summed E-state index contributed by atoms with van der Waals surface area (Å²) in [6, 6.07) is 10.3. The number of carbonyl (C=O) groups is 2. The molecular weight excluding hydrogens is 366 g/mol. The molecule has 1 aromatic carbocycles. The van der Waals surface area contributed by atoms with Gasteiger partial charge < -0.3 is 19.0 Å². The second kappa shape index (κ2) is 7.63. The molecule has 1 aliphatic heterocycles. The Morgan fingerprint density at radius 1 is 1.00 bits per heavy atom. The van der Waals surface area contributed by atoms with Crippen molar-refractivity contribution < 1.29 is 18.7 Å². The van der Waals surface area contributed by atoms with Crippen LogP contribution < -0.4 is 4.74 Å². The van der Waals surface area contributed by atoms with Gasteiger partial charge in [-0.2, -0.15) is 0 Å². The molecule has 0 saturated carbocycles. The van der Waals surface area contributed by atoms with E-state index >= 15 is 0 Å². The smallest absolute Gasteiger partial charge is 0.289 e. The number of amides is 2. The quantitative estimate of drug-likeness (QED) is 0.692. The standard InChI is InChI=1S/C19H17N3O4S/c23-17(14-3-5-15(6-4-14)26-19-20-7-13-27-19)21-8-10-22(11-9-21)18(24)16-2-1-12-25-16/h1-7,12-13H,8-11H2. The maximum atomic E-state index is 12.7. The van der Waals surface area contributed by atoms with E-state index in [1.165, 1.54) is 17.6 Å². The Balaban J connectivity index is 1.34. The third kappa shape index (κ3) is 3.85. The lowest BCUT2D eigenvalue weighted by Gasteiger charge is -2.34. The van der Waals surface area contributed by atoms with Crippen LogP contribution in [0.15, 0.2) is 58.7 Å². The van der Waals surface area contributed by atoms with Crippen molar-refractivity contribution in [2.45, 2.75) is 0 Å². The average Bonchev–Trinajstić information content (AvgIpc) is 3.42. The third-order valence-electron chi connectivity index (χ3n) is 4.30. The molecule has 1 fully saturated rings. The van der Waals surface area contributed by atoms with Gasteiger partial charge in [0.15, 0.2) is 5.76 Å². The van der Waals surface area contributed by atoms with Crippen molar-refractivity contribution in [2.75, 3.05) is 26.2 Å². The molecule has 3 heterocycles. The number of nitrogens with zero attached hydrogens (tertiary/aromatic N) is 3. The van der Waals surface area contributed by atoms with E-state index in [0.717, 1.165) is 0 Å². The molecule has 1 aliphatic rings. The summed E-state index contributed by atoms with van der Waals surface area (Å²) >= 11 is 1.41. The lowest BCUT2D eigenvalue weighted by atomic mass is 10.1. The number of hydrogen-bond acceptors (Lipinski definition) is 6. The topological polar surface area (TPSA) is 75.9 Å². The lowest BCUT2D eigenvalue weighted by Crippen LogP contribution is -2.50. The summed E-state index contributed by atoms with van der Waals surface area (Å²) < 4.78 is 10.8. The van der Waals surface area contributed by atoms with Gasteiger partial charge in [0, 0.05) is 43.3 Å². The molecule has 0 aliphatic carbocycles. The fourth-order valence-corrected chi connectivity index (χ4v) is 3.38. The van der Waals surface area contributed by atoms with E-state index in [1.807, 2.05) is 5.38 Å². The van der Waals surface area contributed by atoms with E-state index in [9.17, 15) is 9.59 Å². The highest BCUT2D eigenvalue weighted by atomic mass is 32.1. The Kier molecular flexibility index (Phi) is 4.88. The number of aromatic nitrogens is 1. The van der Waals surface area contributed by atoms with E-state index < -0.39 is 0 Å². The first kappa shape index (κ1) is 17.3. The number of hydrogen-bond donors (Lipinski definition) is 0. The Morgan fingerprint density at radius 2 is 1.70 bits per heavy atom. The molecule has 0 radical (unpaired) electrons. The van der Waals surface area contributed by atoms with Crippen molar-refractivity contribution in [1.29, 1.82) is 0 Å². The SMILES string of the molecule is O=C(c1ccc(Oc2nccs2)cc1)N1CCN(C(=O)c2ccco2)CC1. The van der Waals surface area contributed by atoms with E-state index in [2.05, 4.69) is 4.98 Å². The molecular formula is C19H17N3O4S. The third-order valence-corrected chi connectivity index (χ3v) is 4.95. The van der Waals surface area contributed by atoms with Crippen molar-refractivity contribution in [3.05, 3.63) is 65.6 Å². The number of thiazole rings is 1. The molecule has 138 valence electrons. The minimum absolute atomic E-state index is 0.0547. The van der Waals surface area contributed by atoms with Crippen molar-refractivity contribution >= 4 is 23.2 Å². The second-order valence-electron chi connectivity index (χ2n) is 5.99. The summed E-state index contributed by atoms with van der Waals surface area (Å²) in [4.78, 5) is 32.5. The van der Waals surface area contributed by atoms with Gasteiger partial charge in [0.1, 0.15) is 5.75 Å². The van der Waals surface area contributed by atoms with Crippen LogP contribution in [0.5, 0.6) is 10.9 Å². The van der Waals surface area contributed by atoms with Gasteiger partial charge in [0.2, 0.25) is 0 Å². The van der Waals surface area contributed by atoms with Crippen LogP contribution in [0.4, 0.5) is 0 Å². The number of ether oxygens (including phenoxy) is 1. The molecule has 2 aromatic heterocycles. The van der Waals surface area contributed by atoms with Crippen molar-refractivity contribution in [3.8, 4) is 10.9 Å². The van der Waals surface area contributed by atoms with Crippen LogP contribution in [0, 0.1) is 0 Å². The second-order valence-corrected chi connectivity index (χ2v) is 6.84. The first-order valence-corrected chi connectivity index (χ1v) is 9.38. The van der Waals surface area contributed by atoms with Crippen molar-refractivity contribution in [1.82, 2.24) is 14.8 Å². The molecule has 0 spiro atoms. The number of piperazine rings is 1. The fraction of sp³-hybridized carbons (Fsp3) is 0.211. The Bertz CT molecular complexity index is 899. The Morgan fingerprint density at radius 3 is 2.30 bits per heavy atom. The monoisotopic (exact) mass is 383 g/mol. The number of furan rings is 1. The maximum absolute atomic E-state index is 12.7. The Hall–Kier alpha value is -3.13. The summed E-state index contributed by atoms with van der Waals surface area (Å²) in [6.07, 6.45) is 3.16. The van der Waals surface area contributed by atoms with Crippen molar-refractivity contribution in [3.63, 3.8) is 0 Å². The molecule has 2 amide bonds. The molecule has 4 rings (SSSR count). The van der Waals surface area contributed by atoms with Crippen LogP contribution in [-0.2, 0) is 0 Å². The van der Waals surface area contributed by atoms with E-state index in [0.29, 0.717) is 48.4 Å². The molecule has 0 bridgehead atoms. The minimum atomic E-state index is -0.143. The number of carbonyl (C=O) groups excluding carboxylic acids is 2. The molecule has 8 heteroatoms. The zero-order chi connectivity index (χ0) is 18.6. The van der Waals surface area contributed by atoms with Crippen LogP contribution in [0.3, 0.4) is 0 Å². The first-order chi connectivity index (χ1) is 13.2. The number of rotatable bonds is 4.